The van der Waals surface area contributed by atoms with E-state index in [0.29, 0.717) is 5.88 Å². The zero-order valence-corrected chi connectivity index (χ0v) is 15.1. The molecule has 0 bridgehead atoms. The van der Waals surface area contributed by atoms with Crippen LogP contribution in [0.3, 0.4) is 0 Å². The summed E-state index contributed by atoms with van der Waals surface area (Å²) >= 11 is 3.41. The Bertz CT molecular complexity index is 737. The molecule has 3 aromatic rings. The van der Waals surface area contributed by atoms with E-state index in [-0.39, 0.29) is 0 Å². The van der Waals surface area contributed by atoms with Gasteiger partial charge in [0, 0.05) is 13.1 Å². The highest BCUT2D eigenvalue weighted by molar-refractivity contribution is 9.10. The SMILES string of the molecule is COc1nc(Br)ccc1N(Cc1ccccc1)Cc1ccccc1. The molecule has 0 spiro atoms. The number of rotatable bonds is 6. The molecule has 0 aliphatic heterocycles. The summed E-state index contributed by atoms with van der Waals surface area (Å²) in [6.07, 6.45) is 0. The summed E-state index contributed by atoms with van der Waals surface area (Å²) in [4.78, 5) is 6.73. The normalized spacial score (nSPS) is 10.4. The first kappa shape index (κ1) is 16.5. The molecule has 0 fully saturated rings. The van der Waals surface area contributed by atoms with Gasteiger partial charge in [0.05, 0.1) is 7.11 Å². The van der Waals surface area contributed by atoms with Gasteiger partial charge >= 0.3 is 0 Å². The van der Waals surface area contributed by atoms with Crippen LogP contribution in [0.25, 0.3) is 0 Å². The molecule has 4 heteroatoms. The second-order valence-electron chi connectivity index (χ2n) is 5.49. The van der Waals surface area contributed by atoms with E-state index in [1.54, 1.807) is 7.11 Å². The number of benzene rings is 2. The van der Waals surface area contributed by atoms with Gasteiger partial charge in [0.15, 0.2) is 0 Å². The number of aromatic nitrogens is 1. The van der Waals surface area contributed by atoms with E-state index in [0.717, 1.165) is 23.4 Å². The fourth-order valence-corrected chi connectivity index (χ4v) is 2.93. The molecule has 0 unspecified atom stereocenters. The van der Waals surface area contributed by atoms with Crippen molar-refractivity contribution in [1.29, 1.82) is 0 Å². The number of methoxy groups -OCH3 is 1. The number of pyridine rings is 1. The molecule has 0 atom stereocenters. The van der Waals surface area contributed by atoms with E-state index < -0.39 is 0 Å². The third-order valence-electron chi connectivity index (χ3n) is 3.77. The highest BCUT2D eigenvalue weighted by atomic mass is 79.9. The van der Waals surface area contributed by atoms with E-state index in [9.17, 15) is 0 Å². The predicted molar refractivity (Wildman–Crippen MR) is 101 cm³/mol. The molecule has 0 saturated carbocycles. The van der Waals surface area contributed by atoms with Gasteiger partial charge in [0.2, 0.25) is 5.88 Å². The molecule has 1 aromatic heterocycles. The van der Waals surface area contributed by atoms with Gasteiger partial charge in [-0.15, -0.1) is 0 Å². The van der Waals surface area contributed by atoms with Gasteiger partial charge in [-0.25, -0.2) is 4.98 Å². The van der Waals surface area contributed by atoms with Crippen LogP contribution < -0.4 is 9.64 Å². The Labute approximate surface area is 151 Å². The van der Waals surface area contributed by atoms with Crippen LogP contribution in [0.1, 0.15) is 11.1 Å². The molecule has 0 radical (unpaired) electrons. The average molecular weight is 383 g/mol. The first-order valence-corrected chi connectivity index (χ1v) is 8.59. The molecule has 0 N–H and O–H groups in total. The van der Waals surface area contributed by atoms with E-state index in [1.807, 2.05) is 24.3 Å². The van der Waals surface area contributed by atoms with Crippen LogP contribution in [0, 0.1) is 0 Å². The molecule has 3 nitrogen and oxygen atoms in total. The van der Waals surface area contributed by atoms with Gasteiger partial charge in [-0.2, -0.15) is 0 Å². The van der Waals surface area contributed by atoms with Crippen LogP contribution in [0.5, 0.6) is 5.88 Å². The van der Waals surface area contributed by atoms with Crippen molar-refractivity contribution in [3.63, 3.8) is 0 Å². The maximum Gasteiger partial charge on any atom is 0.238 e. The minimum atomic E-state index is 0.622. The second-order valence-corrected chi connectivity index (χ2v) is 6.30. The summed E-state index contributed by atoms with van der Waals surface area (Å²) in [6, 6.07) is 24.9. The summed E-state index contributed by atoms with van der Waals surface area (Å²) < 4.78 is 6.27. The fourth-order valence-electron chi connectivity index (χ4n) is 2.64. The standard InChI is InChI=1S/C20H19BrN2O/c1-24-20-18(12-13-19(21)22-20)23(14-16-8-4-2-5-9-16)15-17-10-6-3-7-11-17/h2-13H,14-15H2,1H3. The van der Waals surface area contributed by atoms with Gasteiger partial charge in [0.25, 0.3) is 0 Å². The number of anilines is 1. The zero-order valence-electron chi connectivity index (χ0n) is 13.5. The van der Waals surface area contributed by atoms with Crippen LogP contribution >= 0.6 is 15.9 Å². The minimum Gasteiger partial charge on any atom is -0.479 e. The molecule has 0 amide bonds. The number of hydrogen-bond donors (Lipinski definition) is 0. The van der Waals surface area contributed by atoms with Gasteiger partial charge in [-0.05, 0) is 39.2 Å². The lowest BCUT2D eigenvalue weighted by Crippen LogP contribution is -2.23. The molecule has 1 heterocycles. The molecule has 0 aliphatic carbocycles. The summed E-state index contributed by atoms with van der Waals surface area (Å²) in [5.41, 5.74) is 3.48. The van der Waals surface area contributed by atoms with Crippen molar-refractivity contribution in [2.75, 3.05) is 12.0 Å². The smallest absolute Gasteiger partial charge is 0.238 e. The van der Waals surface area contributed by atoms with Crippen molar-refractivity contribution < 1.29 is 4.74 Å². The lowest BCUT2D eigenvalue weighted by atomic mass is 10.1. The third-order valence-corrected chi connectivity index (χ3v) is 4.21. The van der Waals surface area contributed by atoms with Crippen molar-refractivity contribution in [1.82, 2.24) is 4.98 Å². The number of halogens is 1. The molecule has 24 heavy (non-hydrogen) atoms. The quantitative estimate of drug-likeness (QED) is 0.557. The van der Waals surface area contributed by atoms with Crippen molar-refractivity contribution in [3.05, 3.63) is 88.5 Å². The third kappa shape index (κ3) is 4.15. The van der Waals surface area contributed by atoms with Crippen molar-refractivity contribution in [2.45, 2.75) is 13.1 Å². The highest BCUT2D eigenvalue weighted by Gasteiger charge is 2.15. The van der Waals surface area contributed by atoms with E-state index in [1.165, 1.54) is 11.1 Å². The van der Waals surface area contributed by atoms with Crippen LogP contribution in [-0.2, 0) is 13.1 Å². The predicted octanol–water partition coefficient (Wildman–Crippen LogP) is 5.06. The van der Waals surface area contributed by atoms with Crippen LogP contribution in [0.2, 0.25) is 0 Å². The monoisotopic (exact) mass is 382 g/mol. The van der Waals surface area contributed by atoms with E-state index >= 15 is 0 Å². The van der Waals surface area contributed by atoms with Crippen molar-refractivity contribution in [2.24, 2.45) is 0 Å². The maximum atomic E-state index is 5.50. The molecule has 3 rings (SSSR count). The Balaban J connectivity index is 1.95. The minimum absolute atomic E-state index is 0.622. The summed E-state index contributed by atoms with van der Waals surface area (Å²) in [5, 5.41) is 0. The van der Waals surface area contributed by atoms with E-state index in [2.05, 4.69) is 74.3 Å². The first-order valence-electron chi connectivity index (χ1n) is 7.79. The fraction of sp³-hybridized carbons (Fsp3) is 0.150. The van der Waals surface area contributed by atoms with Crippen LogP contribution in [0.15, 0.2) is 77.4 Å². The number of hydrogen-bond acceptors (Lipinski definition) is 3. The Morgan fingerprint density at radius 1 is 0.833 bits per heavy atom. The average Bonchev–Trinajstić information content (AvgIpc) is 2.63. The molecule has 0 aliphatic rings. The topological polar surface area (TPSA) is 25.4 Å². The van der Waals surface area contributed by atoms with Crippen LogP contribution in [-0.4, -0.2) is 12.1 Å². The Morgan fingerprint density at radius 3 is 1.88 bits per heavy atom. The summed E-state index contributed by atoms with van der Waals surface area (Å²) in [6.45, 7) is 1.57. The molecular weight excluding hydrogens is 364 g/mol. The summed E-state index contributed by atoms with van der Waals surface area (Å²) in [7, 11) is 1.65. The highest BCUT2D eigenvalue weighted by Crippen LogP contribution is 2.30. The van der Waals surface area contributed by atoms with Gasteiger partial charge in [-0.3, -0.25) is 0 Å². The largest absolute Gasteiger partial charge is 0.479 e. The summed E-state index contributed by atoms with van der Waals surface area (Å²) in [5.74, 6) is 0.622. The van der Waals surface area contributed by atoms with Crippen LogP contribution in [0.4, 0.5) is 5.69 Å². The van der Waals surface area contributed by atoms with Gasteiger partial charge < -0.3 is 9.64 Å². The molecule has 2 aromatic carbocycles. The molecule has 122 valence electrons. The number of ether oxygens (including phenoxy) is 1. The van der Waals surface area contributed by atoms with Gasteiger partial charge in [0.1, 0.15) is 10.3 Å². The van der Waals surface area contributed by atoms with Crippen molar-refractivity contribution in [3.8, 4) is 5.88 Å². The van der Waals surface area contributed by atoms with E-state index in [4.69, 9.17) is 4.74 Å². The number of nitrogens with zero attached hydrogens (tertiary/aromatic N) is 2. The lowest BCUT2D eigenvalue weighted by molar-refractivity contribution is 0.396. The lowest BCUT2D eigenvalue weighted by Gasteiger charge is -2.26. The zero-order chi connectivity index (χ0) is 16.8. The molecular formula is C20H19BrN2O. The van der Waals surface area contributed by atoms with Crippen molar-refractivity contribution >= 4 is 21.6 Å². The molecule has 0 saturated heterocycles. The first-order chi connectivity index (χ1) is 11.8. The Kier molecular flexibility index (Phi) is 5.49. The second kappa shape index (κ2) is 7.97. The maximum absolute atomic E-state index is 5.50. The Hall–Kier alpha value is -2.33. The van der Waals surface area contributed by atoms with Gasteiger partial charge in [-0.1, -0.05) is 60.7 Å². The Morgan fingerprint density at radius 2 is 1.38 bits per heavy atom.